The van der Waals surface area contributed by atoms with Crippen molar-refractivity contribution < 1.29 is 8.78 Å². The van der Waals surface area contributed by atoms with Crippen LogP contribution in [0.1, 0.15) is 30.4 Å². The minimum atomic E-state index is -2.59. The van der Waals surface area contributed by atoms with Crippen molar-refractivity contribution in [1.82, 2.24) is 5.32 Å². The van der Waals surface area contributed by atoms with Gasteiger partial charge >= 0.3 is 0 Å². The molecule has 0 saturated carbocycles. The molecule has 0 aliphatic carbocycles. The molecule has 1 nitrogen and oxygen atoms in total. The number of hydrogen-bond acceptors (Lipinski definition) is 1. The van der Waals surface area contributed by atoms with Crippen LogP contribution in [-0.2, 0) is 6.42 Å². The third-order valence-corrected chi connectivity index (χ3v) is 3.86. The molecule has 3 heteroatoms. The average molecular weight is 253 g/mol. The fourth-order valence-corrected chi connectivity index (χ4v) is 2.65. The second-order valence-electron chi connectivity index (χ2n) is 5.24. The van der Waals surface area contributed by atoms with Gasteiger partial charge in [-0.15, -0.1) is 0 Å². The van der Waals surface area contributed by atoms with Crippen molar-refractivity contribution in [3.8, 4) is 0 Å². The third kappa shape index (κ3) is 3.29. The molecule has 0 bridgehead atoms. The zero-order chi connectivity index (χ0) is 13.0. The van der Waals surface area contributed by atoms with E-state index in [4.69, 9.17) is 0 Å². The summed E-state index contributed by atoms with van der Waals surface area (Å²) in [5.41, 5.74) is 1.74. The van der Waals surface area contributed by atoms with Gasteiger partial charge in [-0.25, -0.2) is 8.78 Å². The van der Waals surface area contributed by atoms with Gasteiger partial charge in [0.05, 0.1) is 0 Å². The number of benzene rings is 1. The van der Waals surface area contributed by atoms with Crippen LogP contribution in [0.25, 0.3) is 0 Å². The quantitative estimate of drug-likeness (QED) is 0.868. The van der Waals surface area contributed by atoms with Crippen LogP contribution in [0.5, 0.6) is 0 Å². The van der Waals surface area contributed by atoms with Crippen LogP contribution in [0, 0.1) is 12.8 Å². The van der Waals surface area contributed by atoms with Crippen molar-refractivity contribution >= 4 is 0 Å². The largest absolute Gasteiger partial charge is 0.317 e. The van der Waals surface area contributed by atoms with Gasteiger partial charge in [-0.1, -0.05) is 24.3 Å². The molecule has 1 aliphatic heterocycles. The van der Waals surface area contributed by atoms with E-state index in [1.807, 2.05) is 31.2 Å². The minimum absolute atomic E-state index is 0.121. The highest BCUT2D eigenvalue weighted by Gasteiger charge is 2.39. The number of alkyl halides is 2. The number of halogens is 2. The molecule has 1 heterocycles. The molecule has 0 aromatic heterocycles. The maximum absolute atomic E-state index is 14.3. The molecule has 1 N–H and O–H groups in total. The Morgan fingerprint density at radius 2 is 2.00 bits per heavy atom. The monoisotopic (exact) mass is 253 g/mol. The summed E-state index contributed by atoms with van der Waals surface area (Å²) >= 11 is 0. The van der Waals surface area contributed by atoms with E-state index in [0.717, 1.165) is 24.1 Å². The second-order valence-corrected chi connectivity index (χ2v) is 5.24. The van der Waals surface area contributed by atoms with Crippen molar-refractivity contribution in [2.75, 3.05) is 13.1 Å². The molecule has 1 aliphatic rings. The van der Waals surface area contributed by atoms with Crippen LogP contribution in [0.2, 0.25) is 0 Å². The van der Waals surface area contributed by atoms with Crippen molar-refractivity contribution in [1.29, 1.82) is 0 Å². The molecule has 18 heavy (non-hydrogen) atoms. The predicted octanol–water partition coefficient (Wildman–Crippen LogP) is 3.56. The first-order valence-electron chi connectivity index (χ1n) is 6.72. The van der Waals surface area contributed by atoms with Gasteiger partial charge in [-0.3, -0.25) is 0 Å². The first-order chi connectivity index (χ1) is 8.59. The molecule has 2 rings (SSSR count). The summed E-state index contributed by atoms with van der Waals surface area (Å²) in [5.74, 6) is -3.06. The van der Waals surface area contributed by atoms with Crippen LogP contribution in [0.3, 0.4) is 0 Å². The molecule has 1 atom stereocenters. The van der Waals surface area contributed by atoms with E-state index in [1.165, 1.54) is 0 Å². The number of aryl methyl sites for hydroxylation is 1. The molecule has 0 radical (unpaired) electrons. The van der Waals surface area contributed by atoms with E-state index in [9.17, 15) is 8.78 Å². The zero-order valence-corrected chi connectivity index (χ0v) is 10.9. The van der Waals surface area contributed by atoms with E-state index in [-0.39, 0.29) is 6.42 Å². The van der Waals surface area contributed by atoms with Gasteiger partial charge in [-0.2, -0.15) is 0 Å². The van der Waals surface area contributed by atoms with Gasteiger partial charge in [0.2, 0.25) is 0 Å². The van der Waals surface area contributed by atoms with E-state index >= 15 is 0 Å². The average Bonchev–Trinajstić information content (AvgIpc) is 2.61. The predicted molar refractivity (Wildman–Crippen MR) is 70.0 cm³/mol. The van der Waals surface area contributed by atoms with Crippen LogP contribution in [-0.4, -0.2) is 19.0 Å². The Balaban J connectivity index is 2.08. The first-order valence-corrected chi connectivity index (χ1v) is 6.72. The summed E-state index contributed by atoms with van der Waals surface area (Å²) in [6.45, 7) is 3.49. The fraction of sp³-hybridized carbons (Fsp3) is 0.600. The van der Waals surface area contributed by atoms with Crippen LogP contribution < -0.4 is 5.32 Å². The maximum atomic E-state index is 14.3. The Bertz CT molecular complexity index is 382. The van der Waals surface area contributed by atoms with Crippen LogP contribution in [0.15, 0.2) is 24.3 Å². The normalized spacial score (nSPS) is 21.6. The lowest BCUT2D eigenvalue weighted by Crippen LogP contribution is -2.31. The Morgan fingerprint density at radius 1 is 1.22 bits per heavy atom. The summed E-state index contributed by atoms with van der Waals surface area (Å²) in [4.78, 5) is 0. The topological polar surface area (TPSA) is 12.0 Å². The van der Waals surface area contributed by atoms with Crippen molar-refractivity contribution in [3.05, 3.63) is 35.4 Å². The summed E-state index contributed by atoms with van der Waals surface area (Å²) in [6.07, 6.45) is 1.95. The molecular formula is C15H21F2N. The molecular weight excluding hydrogens is 232 g/mol. The molecule has 1 aromatic carbocycles. The molecule has 1 aromatic rings. The Labute approximate surface area is 108 Å². The highest BCUT2D eigenvalue weighted by atomic mass is 19.3. The van der Waals surface area contributed by atoms with Gasteiger partial charge in [0.15, 0.2) is 0 Å². The van der Waals surface area contributed by atoms with E-state index in [2.05, 4.69) is 5.32 Å². The van der Waals surface area contributed by atoms with Crippen molar-refractivity contribution in [2.24, 2.45) is 5.92 Å². The summed E-state index contributed by atoms with van der Waals surface area (Å²) < 4.78 is 28.7. The summed E-state index contributed by atoms with van der Waals surface area (Å²) in [5, 5.41) is 3.19. The zero-order valence-electron chi connectivity index (χ0n) is 10.9. The summed E-state index contributed by atoms with van der Waals surface area (Å²) in [7, 11) is 0. The van der Waals surface area contributed by atoms with Gasteiger partial charge in [0.1, 0.15) is 0 Å². The maximum Gasteiger partial charge on any atom is 0.254 e. The Morgan fingerprint density at radius 3 is 2.78 bits per heavy atom. The van der Waals surface area contributed by atoms with Crippen LogP contribution >= 0.6 is 0 Å². The summed E-state index contributed by atoms with van der Waals surface area (Å²) in [6, 6.07) is 7.46. The molecule has 100 valence electrons. The molecule has 1 saturated heterocycles. The van der Waals surface area contributed by atoms with Crippen LogP contribution in [0.4, 0.5) is 8.78 Å². The number of nitrogens with one attached hydrogen (secondary N) is 1. The van der Waals surface area contributed by atoms with Crippen molar-refractivity contribution in [2.45, 2.75) is 38.5 Å². The number of hydrogen-bond donors (Lipinski definition) is 1. The lowest BCUT2D eigenvalue weighted by Gasteiger charge is -2.26. The van der Waals surface area contributed by atoms with E-state index in [0.29, 0.717) is 19.4 Å². The number of rotatable bonds is 3. The Hall–Kier alpha value is -0.960. The van der Waals surface area contributed by atoms with E-state index in [1.54, 1.807) is 0 Å². The molecule has 1 unspecified atom stereocenters. The lowest BCUT2D eigenvalue weighted by molar-refractivity contribution is -0.0617. The minimum Gasteiger partial charge on any atom is -0.317 e. The van der Waals surface area contributed by atoms with Gasteiger partial charge in [0, 0.05) is 12.3 Å². The first kappa shape index (κ1) is 13.5. The highest BCUT2D eigenvalue weighted by Crippen LogP contribution is 2.35. The SMILES string of the molecule is Cc1ccccc1CC(F)(F)C1CCCNCC1. The standard InChI is InChI=1S/C15H21F2N/c1-12-5-2-3-6-13(12)11-15(16,17)14-7-4-9-18-10-8-14/h2-3,5-6,14,18H,4,7-11H2,1H3. The second kappa shape index (κ2) is 5.79. The molecule has 1 fully saturated rings. The van der Waals surface area contributed by atoms with E-state index < -0.39 is 11.8 Å². The van der Waals surface area contributed by atoms with Gasteiger partial charge in [-0.05, 0) is 50.4 Å². The van der Waals surface area contributed by atoms with Crippen molar-refractivity contribution in [3.63, 3.8) is 0 Å². The fourth-order valence-electron chi connectivity index (χ4n) is 2.65. The highest BCUT2D eigenvalue weighted by molar-refractivity contribution is 5.26. The van der Waals surface area contributed by atoms with Gasteiger partial charge in [0.25, 0.3) is 5.92 Å². The smallest absolute Gasteiger partial charge is 0.254 e. The van der Waals surface area contributed by atoms with Gasteiger partial charge < -0.3 is 5.32 Å². The Kier molecular flexibility index (Phi) is 4.33. The molecule has 0 spiro atoms. The molecule has 0 amide bonds. The lowest BCUT2D eigenvalue weighted by atomic mass is 9.88. The third-order valence-electron chi connectivity index (χ3n) is 3.86.